The number of hydrogen-bond donors (Lipinski definition) is 0. The number of benzene rings is 1. The maximum Gasteiger partial charge on any atom is 0.148 e. The van der Waals surface area contributed by atoms with Gasteiger partial charge in [-0.3, -0.25) is 0 Å². The quantitative estimate of drug-likeness (QED) is 0.615. The van der Waals surface area contributed by atoms with Crippen LogP contribution in [-0.2, 0) is 6.42 Å². The highest BCUT2D eigenvalue weighted by atomic mass is 16.5. The van der Waals surface area contributed by atoms with Gasteiger partial charge >= 0.3 is 0 Å². The van der Waals surface area contributed by atoms with Crippen LogP contribution in [0, 0.1) is 6.10 Å². The summed E-state index contributed by atoms with van der Waals surface area (Å²) in [6.07, 6.45) is 4.48. The minimum absolute atomic E-state index is 1.04. The Morgan fingerprint density at radius 2 is 2.08 bits per heavy atom. The molecule has 2 rings (SSSR count). The minimum Gasteiger partial charge on any atom is -0.483 e. The second kappa shape index (κ2) is 3.18. The van der Waals surface area contributed by atoms with E-state index in [4.69, 9.17) is 4.74 Å². The number of rotatable bonds is 1. The monoisotopic (exact) mass is 161 g/mol. The van der Waals surface area contributed by atoms with Crippen LogP contribution in [0.25, 0.3) is 0 Å². The van der Waals surface area contributed by atoms with Gasteiger partial charge in [-0.1, -0.05) is 25.1 Å². The maximum atomic E-state index is 5.70. The molecule has 0 aromatic heterocycles. The Bertz CT molecular complexity index is 267. The lowest BCUT2D eigenvalue weighted by atomic mass is 10.0. The second-order valence-corrected chi connectivity index (χ2v) is 3.10. The van der Waals surface area contributed by atoms with Crippen molar-refractivity contribution in [1.82, 2.24) is 0 Å². The van der Waals surface area contributed by atoms with E-state index >= 15 is 0 Å². The number of aryl methyl sites for hydroxylation is 1. The fourth-order valence-electron chi connectivity index (χ4n) is 1.54. The predicted molar refractivity (Wildman–Crippen MR) is 48.9 cm³/mol. The number of para-hydroxylation sites is 1. The van der Waals surface area contributed by atoms with Crippen LogP contribution < -0.4 is 4.74 Å². The Morgan fingerprint density at radius 1 is 1.25 bits per heavy atom. The van der Waals surface area contributed by atoms with E-state index < -0.39 is 0 Å². The summed E-state index contributed by atoms with van der Waals surface area (Å²) in [5, 5.41) is 0. The average molecular weight is 161 g/mol. The van der Waals surface area contributed by atoms with Crippen molar-refractivity contribution in [2.45, 2.75) is 26.2 Å². The van der Waals surface area contributed by atoms with Gasteiger partial charge in [0.15, 0.2) is 0 Å². The Labute approximate surface area is 73.4 Å². The van der Waals surface area contributed by atoms with Gasteiger partial charge in [-0.25, -0.2) is 0 Å². The molecule has 0 bridgehead atoms. The molecule has 0 atom stereocenters. The topological polar surface area (TPSA) is 9.23 Å². The van der Waals surface area contributed by atoms with Gasteiger partial charge in [-0.05, 0) is 30.9 Å². The van der Waals surface area contributed by atoms with E-state index in [9.17, 15) is 0 Å². The van der Waals surface area contributed by atoms with Crippen molar-refractivity contribution in [1.29, 1.82) is 0 Å². The highest BCUT2D eigenvalue weighted by Gasteiger charge is 2.17. The molecule has 1 aliphatic heterocycles. The molecule has 1 radical (unpaired) electrons. The van der Waals surface area contributed by atoms with Crippen LogP contribution in [0.3, 0.4) is 0 Å². The first kappa shape index (κ1) is 7.66. The van der Waals surface area contributed by atoms with Gasteiger partial charge in [-0.2, -0.15) is 0 Å². The fourth-order valence-corrected chi connectivity index (χ4v) is 1.54. The van der Waals surface area contributed by atoms with Gasteiger partial charge in [0.05, 0.1) is 0 Å². The number of fused-ring (bicyclic) bond motifs is 1. The summed E-state index contributed by atoms with van der Waals surface area (Å²) in [7, 11) is 0. The van der Waals surface area contributed by atoms with Crippen LogP contribution in [-0.4, -0.2) is 0 Å². The molecule has 0 spiro atoms. The van der Waals surface area contributed by atoms with Crippen LogP contribution >= 0.6 is 0 Å². The van der Waals surface area contributed by atoms with Gasteiger partial charge in [0, 0.05) is 0 Å². The van der Waals surface area contributed by atoms with E-state index in [0.29, 0.717) is 0 Å². The maximum absolute atomic E-state index is 5.70. The lowest BCUT2D eigenvalue weighted by molar-refractivity contribution is 0.275. The molecular formula is C11H13O. The largest absolute Gasteiger partial charge is 0.483 e. The van der Waals surface area contributed by atoms with Crippen molar-refractivity contribution < 1.29 is 4.74 Å². The molecule has 0 fully saturated rings. The van der Waals surface area contributed by atoms with Crippen molar-refractivity contribution in [3.8, 4) is 5.75 Å². The molecule has 0 amide bonds. The SMILES string of the molecule is CC[C]1CCc2ccccc2O1. The third-order valence-corrected chi connectivity index (χ3v) is 2.29. The summed E-state index contributed by atoms with van der Waals surface area (Å²) in [4.78, 5) is 0. The zero-order chi connectivity index (χ0) is 8.39. The fraction of sp³-hybridized carbons (Fsp3) is 0.364. The summed E-state index contributed by atoms with van der Waals surface area (Å²) in [5.74, 6) is 1.06. The molecule has 0 saturated carbocycles. The molecule has 0 unspecified atom stereocenters. The Hall–Kier alpha value is -0.980. The molecule has 0 saturated heterocycles. The molecule has 1 heteroatoms. The van der Waals surface area contributed by atoms with Crippen molar-refractivity contribution in [2.75, 3.05) is 0 Å². The average Bonchev–Trinajstić information content (AvgIpc) is 2.17. The molecule has 63 valence electrons. The van der Waals surface area contributed by atoms with E-state index in [1.807, 2.05) is 12.1 Å². The van der Waals surface area contributed by atoms with Crippen molar-refractivity contribution in [2.24, 2.45) is 0 Å². The molecule has 1 aromatic rings. The number of hydrogen-bond acceptors (Lipinski definition) is 1. The summed E-state index contributed by atoms with van der Waals surface area (Å²) < 4.78 is 5.70. The molecule has 1 aromatic carbocycles. The molecule has 1 heterocycles. The molecule has 0 N–H and O–H groups in total. The summed E-state index contributed by atoms with van der Waals surface area (Å²) in [6.45, 7) is 2.14. The zero-order valence-electron chi connectivity index (χ0n) is 7.34. The molecule has 1 nitrogen and oxygen atoms in total. The third kappa shape index (κ3) is 1.31. The normalized spacial score (nSPS) is 16.8. The van der Waals surface area contributed by atoms with Gasteiger partial charge in [-0.15, -0.1) is 0 Å². The predicted octanol–water partition coefficient (Wildman–Crippen LogP) is 2.95. The lowest BCUT2D eigenvalue weighted by Crippen LogP contribution is -2.13. The lowest BCUT2D eigenvalue weighted by Gasteiger charge is -2.23. The van der Waals surface area contributed by atoms with Gasteiger partial charge < -0.3 is 4.74 Å². The number of ether oxygens (including phenoxy) is 1. The minimum atomic E-state index is 1.04. The van der Waals surface area contributed by atoms with Crippen molar-refractivity contribution in [3.05, 3.63) is 35.9 Å². The standard InChI is InChI=1S/C11H13O/c1-2-10-8-7-9-5-3-4-6-11(9)12-10/h3-6H,2,7-8H2,1H3. The van der Waals surface area contributed by atoms with Crippen LogP contribution in [0.15, 0.2) is 24.3 Å². The first-order valence-corrected chi connectivity index (χ1v) is 4.50. The first-order valence-electron chi connectivity index (χ1n) is 4.50. The first-order chi connectivity index (χ1) is 5.90. The highest BCUT2D eigenvalue weighted by molar-refractivity contribution is 5.36. The van der Waals surface area contributed by atoms with E-state index in [-0.39, 0.29) is 0 Å². The van der Waals surface area contributed by atoms with E-state index in [1.54, 1.807) is 0 Å². The summed E-state index contributed by atoms with van der Waals surface area (Å²) in [6, 6.07) is 8.28. The van der Waals surface area contributed by atoms with Crippen LogP contribution in [0.2, 0.25) is 0 Å². The summed E-state index contributed by atoms with van der Waals surface area (Å²) >= 11 is 0. The van der Waals surface area contributed by atoms with Crippen LogP contribution in [0.4, 0.5) is 0 Å². The van der Waals surface area contributed by atoms with Crippen molar-refractivity contribution >= 4 is 0 Å². The molecular weight excluding hydrogens is 148 g/mol. The van der Waals surface area contributed by atoms with Crippen LogP contribution in [0.1, 0.15) is 25.3 Å². The van der Waals surface area contributed by atoms with Crippen molar-refractivity contribution in [3.63, 3.8) is 0 Å². The van der Waals surface area contributed by atoms with E-state index in [2.05, 4.69) is 19.1 Å². The van der Waals surface area contributed by atoms with E-state index in [0.717, 1.165) is 25.0 Å². The van der Waals surface area contributed by atoms with Crippen LogP contribution in [0.5, 0.6) is 5.75 Å². The zero-order valence-corrected chi connectivity index (χ0v) is 7.34. The second-order valence-electron chi connectivity index (χ2n) is 3.10. The smallest absolute Gasteiger partial charge is 0.148 e. The van der Waals surface area contributed by atoms with Gasteiger partial charge in [0.25, 0.3) is 0 Å². The summed E-state index contributed by atoms with van der Waals surface area (Å²) in [5.41, 5.74) is 1.34. The Kier molecular flexibility index (Phi) is 2.03. The van der Waals surface area contributed by atoms with E-state index in [1.165, 1.54) is 11.7 Å². The third-order valence-electron chi connectivity index (χ3n) is 2.29. The Balaban J connectivity index is 2.23. The molecule has 12 heavy (non-hydrogen) atoms. The van der Waals surface area contributed by atoms with Gasteiger partial charge in [0.1, 0.15) is 11.9 Å². The van der Waals surface area contributed by atoms with Gasteiger partial charge in [0.2, 0.25) is 0 Å². The molecule has 1 aliphatic rings. The molecule has 0 aliphatic carbocycles. The Morgan fingerprint density at radius 3 is 2.92 bits per heavy atom. The highest BCUT2D eigenvalue weighted by Crippen LogP contribution is 2.31.